The fourth-order valence-corrected chi connectivity index (χ4v) is 1.45. The maximum absolute atomic E-state index is 5.51. The van der Waals surface area contributed by atoms with E-state index in [0.717, 1.165) is 9.88 Å². The van der Waals surface area contributed by atoms with Crippen LogP contribution in [0.3, 0.4) is 0 Å². The van der Waals surface area contributed by atoms with Crippen molar-refractivity contribution in [1.82, 2.24) is 10.2 Å². The first kappa shape index (κ1) is 6.36. The van der Waals surface area contributed by atoms with Gasteiger partial charge in [-0.05, 0) is 12.1 Å². The molecule has 2 aromatic rings. The summed E-state index contributed by atoms with van der Waals surface area (Å²) < 4.78 is 4.97. The standard InChI is InChI=1S/C6H5N3OS/c7-5-2-1-4(11-5)6-9-8-3-10-6/h1-3H,7H2. The number of anilines is 1. The van der Waals surface area contributed by atoms with Crippen molar-refractivity contribution in [3.05, 3.63) is 18.5 Å². The molecule has 0 unspecified atom stereocenters. The molecule has 0 spiro atoms. The molecule has 0 saturated carbocycles. The van der Waals surface area contributed by atoms with Gasteiger partial charge in [0.05, 0.1) is 9.88 Å². The fraction of sp³-hybridized carbons (Fsp3) is 0. The van der Waals surface area contributed by atoms with Gasteiger partial charge in [-0.25, -0.2) is 0 Å². The van der Waals surface area contributed by atoms with E-state index >= 15 is 0 Å². The molecular formula is C6H5N3OS. The van der Waals surface area contributed by atoms with Crippen molar-refractivity contribution in [2.24, 2.45) is 0 Å². The first-order chi connectivity index (χ1) is 5.36. The topological polar surface area (TPSA) is 64.9 Å². The second-order valence-electron chi connectivity index (χ2n) is 1.95. The minimum Gasteiger partial charge on any atom is -0.423 e. The largest absolute Gasteiger partial charge is 0.423 e. The average Bonchev–Trinajstić information content (AvgIpc) is 2.55. The Labute approximate surface area is 66.7 Å². The SMILES string of the molecule is Nc1ccc(-c2nnco2)s1. The third-order valence-electron chi connectivity index (χ3n) is 1.20. The summed E-state index contributed by atoms with van der Waals surface area (Å²) in [5.41, 5.74) is 5.51. The monoisotopic (exact) mass is 167 g/mol. The Kier molecular flexibility index (Phi) is 1.36. The van der Waals surface area contributed by atoms with E-state index in [1.165, 1.54) is 17.7 Å². The number of aromatic nitrogens is 2. The van der Waals surface area contributed by atoms with E-state index in [4.69, 9.17) is 10.2 Å². The summed E-state index contributed by atoms with van der Waals surface area (Å²) in [5.74, 6) is 0.520. The van der Waals surface area contributed by atoms with Crippen LogP contribution >= 0.6 is 11.3 Å². The Bertz CT molecular complexity index is 340. The average molecular weight is 167 g/mol. The van der Waals surface area contributed by atoms with E-state index in [9.17, 15) is 0 Å². The quantitative estimate of drug-likeness (QED) is 0.696. The van der Waals surface area contributed by atoms with Crippen molar-refractivity contribution in [2.45, 2.75) is 0 Å². The second kappa shape index (κ2) is 2.35. The van der Waals surface area contributed by atoms with Crippen molar-refractivity contribution in [3.8, 4) is 10.8 Å². The maximum Gasteiger partial charge on any atom is 0.257 e. The van der Waals surface area contributed by atoms with Gasteiger partial charge in [-0.15, -0.1) is 21.5 Å². The van der Waals surface area contributed by atoms with Crippen LogP contribution < -0.4 is 5.73 Å². The molecule has 0 bridgehead atoms. The molecular weight excluding hydrogens is 162 g/mol. The zero-order valence-electron chi connectivity index (χ0n) is 5.52. The highest BCUT2D eigenvalue weighted by Gasteiger charge is 2.04. The fourth-order valence-electron chi connectivity index (χ4n) is 0.748. The van der Waals surface area contributed by atoms with Gasteiger partial charge in [0.1, 0.15) is 0 Å². The molecule has 5 heteroatoms. The number of thiophene rings is 1. The van der Waals surface area contributed by atoms with Crippen LogP contribution in [0.5, 0.6) is 0 Å². The molecule has 0 aromatic carbocycles. The van der Waals surface area contributed by atoms with Crippen LogP contribution in [0.2, 0.25) is 0 Å². The summed E-state index contributed by atoms with van der Waals surface area (Å²) in [7, 11) is 0. The minimum atomic E-state index is 0.520. The zero-order chi connectivity index (χ0) is 7.68. The van der Waals surface area contributed by atoms with E-state index in [2.05, 4.69) is 10.2 Å². The van der Waals surface area contributed by atoms with Crippen LogP contribution in [-0.4, -0.2) is 10.2 Å². The van der Waals surface area contributed by atoms with Crippen LogP contribution in [0.4, 0.5) is 5.00 Å². The molecule has 0 aliphatic rings. The Morgan fingerprint density at radius 1 is 1.45 bits per heavy atom. The molecule has 0 amide bonds. The highest BCUT2D eigenvalue weighted by Crippen LogP contribution is 2.27. The van der Waals surface area contributed by atoms with Crippen LogP contribution in [0.25, 0.3) is 10.8 Å². The zero-order valence-corrected chi connectivity index (χ0v) is 6.34. The molecule has 0 atom stereocenters. The van der Waals surface area contributed by atoms with Crippen molar-refractivity contribution >= 4 is 16.3 Å². The van der Waals surface area contributed by atoms with Gasteiger partial charge in [0.15, 0.2) is 0 Å². The van der Waals surface area contributed by atoms with Crippen molar-refractivity contribution in [1.29, 1.82) is 0 Å². The van der Waals surface area contributed by atoms with E-state index in [-0.39, 0.29) is 0 Å². The molecule has 0 saturated heterocycles. The van der Waals surface area contributed by atoms with Gasteiger partial charge < -0.3 is 10.2 Å². The molecule has 4 nitrogen and oxygen atoms in total. The predicted molar refractivity (Wildman–Crippen MR) is 42.0 cm³/mol. The number of nitrogen functional groups attached to an aromatic ring is 1. The Morgan fingerprint density at radius 3 is 2.91 bits per heavy atom. The van der Waals surface area contributed by atoms with Crippen LogP contribution in [-0.2, 0) is 0 Å². The molecule has 2 heterocycles. The van der Waals surface area contributed by atoms with Crippen molar-refractivity contribution in [3.63, 3.8) is 0 Å². The van der Waals surface area contributed by atoms with E-state index in [0.29, 0.717) is 5.89 Å². The van der Waals surface area contributed by atoms with Crippen molar-refractivity contribution in [2.75, 3.05) is 5.73 Å². The van der Waals surface area contributed by atoms with Gasteiger partial charge in [-0.1, -0.05) is 0 Å². The van der Waals surface area contributed by atoms with Gasteiger partial charge >= 0.3 is 0 Å². The number of hydrogen-bond donors (Lipinski definition) is 1. The van der Waals surface area contributed by atoms with E-state index < -0.39 is 0 Å². The molecule has 0 radical (unpaired) electrons. The minimum absolute atomic E-state index is 0.520. The number of nitrogens with zero attached hydrogens (tertiary/aromatic N) is 2. The molecule has 0 fully saturated rings. The maximum atomic E-state index is 5.51. The Hall–Kier alpha value is -1.36. The van der Waals surface area contributed by atoms with Crippen molar-refractivity contribution < 1.29 is 4.42 Å². The summed E-state index contributed by atoms with van der Waals surface area (Å²) in [6.45, 7) is 0. The summed E-state index contributed by atoms with van der Waals surface area (Å²) >= 11 is 1.43. The van der Waals surface area contributed by atoms with Gasteiger partial charge in [0.25, 0.3) is 5.89 Å². The molecule has 2 rings (SSSR count). The van der Waals surface area contributed by atoms with Crippen LogP contribution in [0, 0.1) is 0 Å². The third-order valence-corrected chi connectivity index (χ3v) is 2.10. The number of rotatable bonds is 1. The van der Waals surface area contributed by atoms with Gasteiger partial charge in [-0.2, -0.15) is 0 Å². The molecule has 0 aliphatic carbocycles. The number of nitrogens with two attached hydrogens (primary N) is 1. The van der Waals surface area contributed by atoms with E-state index in [1.807, 2.05) is 12.1 Å². The third kappa shape index (κ3) is 1.10. The molecule has 11 heavy (non-hydrogen) atoms. The van der Waals surface area contributed by atoms with Gasteiger partial charge in [0.2, 0.25) is 6.39 Å². The lowest BCUT2D eigenvalue weighted by Crippen LogP contribution is -1.73. The first-order valence-corrected chi connectivity index (χ1v) is 3.80. The van der Waals surface area contributed by atoms with E-state index in [1.54, 1.807) is 0 Å². The number of hydrogen-bond acceptors (Lipinski definition) is 5. The van der Waals surface area contributed by atoms with Gasteiger partial charge in [0, 0.05) is 0 Å². The smallest absolute Gasteiger partial charge is 0.257 e. The lowest BCUT2D eigenvalue weighted by molar-refractivity contribution is 0.570. The molecule has 2 aromatic heterocycles. The Balaban J connectivity index is 2.45. The summed E-state index contributed by atoms with van der Waals surface area (Å²) in [5, 5.41) is 8.04. The second-order valence-corrected chi connectivity index (χ2v) is 3.06. The lowest BCUT2D eigenvalue weighted by Gasteiger charge is -1.82. The lowest BCUT2D eigenvalue weighted by atomic mass is 10.5. The first-order valence-electron chi connectivity index (χ1n) is 2.98. The van der Waals surface area contributed by atoms with Crippen LogP contribution in [0.1, 0.15) is 0 Å². The molecule has 0 aliphatic heterocycles. The predicted octanol–water partition coefficient (Wildman–Crippen LogP) is 1.38. The highest BCUT2D eigenvalue weighted by atomic mass is 32.1. The molecule has 2 N–H and O–H groups in total. The van der Waals surface area contributed by atoms with Gasteiger partial charge in [-0.3, -0.25) is 0 Å². The highest BCUT2D eigenvalue weighted by molar-refractivity contribution is 7.19. The summed E-state index contributed by atoms with van der Waals surface area (Å²) in [6, 6.07) is 3.66. The Morgan fingerprint density at radius 2 is 2.36 bits per heavy atom. The normalized spacial score (nSPS) is 10.2. The molecule has 56 valence electrons. The summed E-state index contributed by atoms with van der Waals surface area (Å²) in [4.78, 5) is 0.903. The van der Waals surface area contributed by atoms with Crippen LogP contribution in [0.15, 0.2) is 22.9 Å². The summed E-state index contributed by atoms with van der Waals surface area (Å²) in [6.07, 6.45) is 1.30.